The average Bonchev–Trinajstić information content (AvgIpc) is 2.84. The van der Waals surface area contributed by atoms with E-state index >= 15 is 0 Å². The minimum atomic E-state index is -0.617. The molecule has 1 heterocycles. The lowest BCUT2D eigenvalue weighted by Gasteiger charge is -2.41. The third-order valence-corrected chi connectivity index (χ3v) is 7.10. The summed E-state index contributed by atoms with van der Waals surface area (Å²) in [4.78, 5) is 15.6. The van der Waals surface area contributed by atoms with Gasteiger partial charge in [0.05, 0.1) is 17.6 Å². The smallest absolute Gasteiger partial charge is 0.162 e. The summed E-state index contributed by atoms with van der Waals surface area (Å²) in [7, 11) is 0. The first kappa shape index (κ1) is 22.3. The van der Waals surface area contributed by atoms with Gasteiger partial charge in [-0.2, -0.15) is 5.26 Å². The molecule has 0 saturated carbocycles. The molecule has 5 rings (SSSR count). The van der Waals surface area contributed by atoms with Crippen LogP contribution in [-0.2, 0) is 4.79 Å². The summed E-state index contributed by atoms with van der Waals surface area (Å²) in [5.41, 5.74) is 10.9. The van der Waals surface area contributed by atoms with Gasteiger partial charge in [-0.05, 0) is 47.7 Å². The van der Waals surface area contributed by atoms with Crippen LogP contribution in [-0.4, -0.2) is 5.78 Å². The molecule has 0 fully saturated rings. The van der Waals surface area contributed by atoms with Gasteiger partial charge >= 0.3 is 0 Å². The van der Waals surface area contributed by atoms with Crippen LogP contribution in [0.25, 0.3) is 0 Å². The van der Waals surface area contributed by atoms with Crippen LogP contribution in [0.5, 0.6) is 0 Å². The Morgan fingerprint density at radius 3 is 2.38 bits per heavy atom. The quantitative estimate of drug-likeness (QED) is 0.448. The molecular formula is C28H21Cl2N3O. The monoisotopic (exact) mass is 485 g/mol. The molecule has 0 bridgehead atoms. The molecule has 0 saturated heterocycles. The molecule has 0 aromatic heterocycles. The number of benzene rings is 3. The molecule has 0 radical (unpaired) electrons. The Bertz CT molecular complexity index is 1390. The second-order valence-electron chi connectivity index (χ2n) is 8.48. The van der Waals surface area contributed by atoms with Crippen molar-refractivity contribution in [3.63, 3.8) is 0 Å². The van der Waals surface area contributed by atoms with Gasteiger partial charge in [0.2, 0.25) is 0 Å². The first-order valence-electron chi connectivity index (χ1n) is 11.0. The zero-order valence-corrected chi connectivity index (χ0v) is 19.7. The Balaban J connectivity index is 1.75. The maximum atomic E-state index is 13.8. The highest BCUT2D eigenvalue weighted by atomic mass is 35.5. The number of hydrogen-bond donors (Lipinski definition) is 1. The third-order valence-electron chi connectivity index (χ3n) is 6.52. The van der Waals surface area contributed by atoms with Gasteiger partial charge in [0.15, 0.2) is 5.78 Å². The van der Waals surface area contributed by atoms with E-state index in [9.17, 15) is 10.1 Å². The molecule has 0 spiro atoms. The van der Waals surface area contributed by atoms with Gasteiger partial charge in [0.1, 0.15) is 5.82 Å². The minimum absolute atomic E-state index is 0.00235. The number of nitrogens with two attached hydrogens (primary N) is 1. The number of hydrogen-bond acceptors (Lipinski definition) is 4. The van der Waals surface area contributed by atoms with Crippen LogP contribution in [0.3, 0.4) is 0 Å². The number of ketones is 1. The second kappa shape index (κ2) is 9.02. The molecule has 168 valence electrons. The molecule has 2 aliphatic rings. The van der Waals surface area contributed by atoms with Gasteiger partial charge in [0.25, 0.3) is 0 Å². The topological polar surface area (TPSA) is 70.1 Å². The van der Waals surface area contributed by atoms with Crippen LogP contribution in [0.1, 0.15) is 35.8 Å². The molecule has 4 nitrogen and oxygen atoms in total. The zero-order valence-electron chi connectivity index (χ0n) is 18.2. The van der Waals surface area contributed by atoms with Crippen molar-refractivity contribution in [3.8, 4) is 6.07 Å². The lowest BCUT2D eigenvalue weighted by Crippen LogP contribution is -2.40. The molecule has 0 unspecified atom stereocenters. The van der Waals surface area contributed by atoms with Gasteiger partial charge in [0, 0.05) is 33.4 Å². The average molecular weight is 486 g/mol. The molecule has 3 aromatic rings. The summed E-state index contributed by atoms with van der Waals surface area (Å²) >= 11 is 12.9. The fourth-order valence-corrected chi connectivity index (χ4v) is 5.45. The summed E-state index contributed by atoms with van der Waals surface area (Å²) in [5.74, 6) is -0.340. The van der Waals surface area contributed by atoms with Crippen molar-refractivity contribution in [1.29, 1.82) is 5.26 Å². The highest BCUT2D eigenvalue weighted by molar-refractivity contribution is 6.31. The van der Waals surface area contributed by atoms with E-state index in [1.54, 1.807) is 18.2 Å². The molecule has 3 aromatic carbocycles. The molecule has 2 atom stereocenters. The summed E-state index contributed by atoms with van der Waals surface area (Å²) in [6.45, 7) is 0. The van der Waals surface area contributed by atoms with Crippen molar-refractivity contribution in [3.05, 3.63) is 123 Å². The van der Waals surface area contributed by atoms with Crippen molar-refractivity contribution in [2.45, 2.75) is 24.7 Å². The molecular weight excluding hydrogens is 465 g/mol. The highest BCUT2D eigenvalue weighted by Gasteiger charge is 2.43. The number of Topliss-reactive ketones (excluding diaryl/α,β-unsaturated/α-hetero) is 1. The summed E-state index contributed by atoms with van der Waals surface area (Å²) in [6.07, 6.45) is 0.948. The van der Waals surface area contributed by atoms with E-state index in [-0.39, 0.29) is 17.5 Å². The van der Waals surface area contributed by atoms with E-state index in [4.69, 9.17) is 28.9 Å². The SMILES string of the molecule is N#CC1=C(N)N(c2cccc(Cl)c2)C2=C(C(=O)C[C@H](c3ccccc3)C2)[C@@H]1c1ccccc1Cl. The van der Waals surface area contributed by atoms with Crippen LogP contribution in [0.4, 0.5) is 5.69 Å². The molecule has 1 aliphatic heterocycles. The fraction of sp³-hybridized carbons (Fsp3) is 0.143. The Morgan fingerprint density at radius 1 is 0.941 bits per heavy atom. The number of anilines is 1. The van der Waals surface area contributed by atoms with E-state index in [1.807, 2.05) is 65.6 Å². The first-order valence-corrected chi connectivity index (χ1v) is 11.8. The zero-order chi connectivity index (χ0) is 23.8. The summed E-state index contributed by atoms with van der Waals surface area (Å²) in [6, 6.07) is 26.9. The minimum Gasteiger partial charge on any atom is -0.384 e. The number of nitrogens with zero attached hydrogens (tertiary/aromatic N) is 2. The molecule has 6 heteroatoms. The molecule has 2 N–H and O–H groups in total. The van der Waals surface area contributed by atoms with E-state index in [0.29, 0.717) is 45.3 Å². The number of carbonyl (C=O) groups excluding carboxylic acids is 1. The normalized spacial score (nSPS) is 20.3. The van der Waals surface area contributed by atoms with Crippen LogP contribution in [0.15, 0.2) is 102 Å². The lowest BCUT2D eigenvalue weighted by atomic mass is 9.72. The van der Waals surface area contributed by atoms with Gasteiger partial charge < -0.3 is 5.73 Å². The Labute approximate surface area is 208 Å². The predicted octanol–water partition coefficient (Wildman–Crippen LogP) is 6.69. The molecule has 34 heavy (non-hydrogen) atoms. The van der Waals surface area contributed by atoms with Crippen molar-refractivity contribution in [2.75, 3.05) is 4.90 Å². The number of nitriles is 1. The molecule has 1 aliphatic carbocycles. The van der Waals surface area contributed by atoms with Crippen molar-refractivity contribution >= 4 is 34.7 Å². The number of rotatable bonds is 3. The number of allylic oxidation sites excluding steroid dienone is 3. The number of carbonyl (C=O) groups is 1. The standard InChI is InChI=1S/C28H21Cl2N3O/c29-19-9-6-10-20(15-19)33-24-13-18(17-7-2-1-3-8-17)14-25(34)27(24)26(22(16-31)28(33)32)21-11-4-5-12-23(21)30/h1-12,15,18,26H,13-14,32H2/t18-,26-/m1/s1. The van der Waals surface area contributed by atoms with E-state index < -0.39 is 5.92 Å². The van der Waals surface area contributed by atoms with Crippen LogP contribution in [0.2, 0.25) is 10.0 Å². The predicted molar refractivity (Wildman–Crippen MR) is 135 cm³/mol. The van der Waals surface area contributed by atoms with E-state index in [1.165, 1.54) is 0 Å². The van der Waals surface area contributed by atoms with Gasteiger partial charge in [-0.25, -0.2) is 0 Å². The summed E-state index contributed by atoms with van der Waals surface area (Å²) < 4.78 is 0. The van der Waals surface area contributed by atoms with E-state index in [2.05, 4.69) is 6.07 Å². The maximum Gasteiger partial charge on any atom is 0.162 e. The number of halogens is 2. The maximum absolute atomic E-state index is 13.8. The first-order chi connectivity index (χ1) is 16.5. The van der Waals surface area contributed by atoms with Gasteiger partial charge in [-0.15, -0.1) is 0 Å². The fourth-order valence-electron chi connectivity index (χ4n) is 5.02. The Hall–Kier alpha value is -3.52. The highest BCUT2D eigenvalue weighted by Crippen LogP contribution is 2.50. The largest absolute Gasteiger partial charge is 0.384 e. The van der Waals surface area contributed by atoms with Crippen LogP contribution < -0.4 is 10.6 Å². The Kier molecular flexibility index (Phi) is 5.91. The Morgan fingerprint density at radius 2 is 1.68 bits per heavy atom. The lowest BCUT2D eigenvalue weighted by molar-refractivity contribution is -0.116. The third kappa shape index (κ3) is 3.77. The van der Waals surface area contributed by atoms with Crippen molar-refractivity contribution < 1.29 is 4.79 Å². The van der Waals surface area contributed by atoms with Crippen molar-refractivity contribution in [1.82, 2.24) is 0 Å². The second-order valence-corrected chi connectivity index (χ2v) is 9.32. The van der Waals surface area contributed by atoms with Gasteiger partial charge in [-0.1, -0.05) is 77.8 Å². The van der Waals surface area contributed by atoms with Crippen LogP contribution in [0, 0.1) is 11.3 Å². The molecule has 0 amide bonds. The van der Waals surface area contributed by atoms with Gasteiger partial charge in [-0.3, -0.25) is 9.69 Å². The van der Waals surface area contributed by atoms with Crippen LogP contribution >= 0.6 is 23.2 Å². The van der Waals surface area contributed by atoms with Crippen molar-refractivity contribution in [2.24, 2.45) is 5.73 Å². The van der Waals surface area contributed by atoms with E-state index in [0.717, 1.165) is 11.3 Å². The summed E-state index contributed by atoms with van der Waals surface area (Å²) in [5, 5.41) is 11.2.